The van der Waals surface area contributed by atoms with Crippen LogP contribution in [0.2, 0.25) is 0 Å². The largest absolute Gasteiger partial charge is 0.463 e. The van der Waals surface area contributed by atoms with Crippen LogP contribution in [0.15, 0.2) is 0 Å². The summed E-state index contributed by atoms with van der Waals surface area (Å²) >= 11 is 0. The highest BCUT2D eigenvalue weighted by Gasteiger charge is 2.72. The molecule has 0 amide bonds. The lowest BCUT2D eigenvalue weighted by atomic mass is 9.43. The van der Waals surface area contributed by atoms with Crippen LogP contribution >= 0.6 is 0 Å². The quantitative estimate of drug-likeness (QED) is 0.425. The second-order valence-corrected chi connectivity index (χ2v) is 14.3. The van der Waals surface area contributed by atoms with E-state index >= 15 is 0 Å². The molecule has 0 aromatic carbocycles. The molecule has 37 heavy (non-hydrogen) atoms. The molecule has 6 heteroatoms. The Hall–Kier alpha value is -1.14. The van der Waals surface area contributed by atoms with Crippen molar-refractivity contribution >= 4 is 11.9 Å². The van der Waals surface area contributed by atoms with E-state index in [1.807, 2.05) is 0 Å². The average Bonchev–Trinajstić information content (AvgIpc) is 3.27. The Labute approximate surface area is 222 Å². The first-order valence-electron chi connectivity index (χ1n) is 15.1. The third-order valence-corrected chi connectivity index (χ3v) is 12.6. The Balaban J connectivity index is 1.30. The molecule has 0 bridgehead atoms. The highest BCUT2D eigenvalue weighted by atomic mass is 16.7. The molecule has 0 aromatic heterocycles. The van der Waals surface area contributed by atoms with E-state index in [-0.39, 0.29) is 41.1 Å². The minimum Gasteiger partial charge on any atom is -0.463 e. The van der Waals surface area contributed by atoms with Crippen LogP contribution < -0.4 is 0 Å². The number of carbonyl (C=O) groups excluding carboxylic acids is 2. The fraction of sp³-hybridized carbons (Fsp3) is 0.935. The number of carbonyl (C=O) groups is 2. The molecule has 13 atom stereocenters. The van der Waals surface area contributed by atoms with Crippen molar-refractivity contribution in [2.24, 2.45) is 52.3 Å². The normalized spacial score (nSPS) is 54.5. The summed E-state index contributed by atoms with van der Waals surface area (Å²) in [6.07, 6.45) is 9.70. The summed E-state index contributed by atoms with van der Waals surface area (Å²) in [4.78, 5) is 24.1. The third kappa shape index (κ3) is 3.85. The van der Waals surface area contributed by atoms with Gasteiger partial charge in [-0.15, -0.1) is 0 Å². The summed E-state index contributed by atoms with van der Waals surface area (Å²) in [5, 5.41) is 0. The molecule has 4 saturated carbocycles. The number of ether oxygens (including phenoxy) is 4. The topological polar surface area (TPSA) is 71.1 Å². The van der Waals surface area contributed by atoms with Gasteiger partial charge < -0.3 is 18.9 Å². The Morgan fingerprint density at radius 1 is 0.865 bits per heavy atom. The van der Waals surface area contributed by atoms with Crippen molar-refractivity contribution < 1.29 is 28.5 Å². The predicted octanol–water partition coefficient (Wildman–Crippen LogP) is 5.91. The molecule has 6 nitrogen and oxygen atoms in total. The maximum atomic E-state index is 12.5. The van der Waals surface area contributed by atoms with Crippen molar-refractivity contribution in [3.8, 4) is 0 Å². The van der Waals surface area contributed by atoms with Gasteiger partial charge in [0.15, 0.2) is 5.79 Å². The van der Waals surface area contributed by atoms with E-state index in [2.05, 4.69) is 27.7 Å². The van der Waals surface area contributed by atoms with Crippen LogP contribution in [0.5, 0.6) is 0 Å². The van der Waals surface area contributed by atoms with Crippen LogP contribution in [0.4, 0.5) is 0 Å². The van der Waals surface area contributed by atoms with Crippen molar-refractivity contribution in [1.82, 2.24) is 0 Å². The van der Waals surface area contributed by atoms with Gasteiger partial charge in [0.2, 0.25) is 0 Å². The molecule has 2 saturated heterocycles. The zero-order valence-electron chi connectivity index (χ0n) is 23.8. The summed E-state index contributed by atoms with van der Waals surface area (Å²) in [5.41, 5.74) is 0.109. The van der Waals surface area contributed by atoms with Gasteiger partial charge in [0, 0.05) is 37.5 Å². The second-order valence-electron chi connectivity index (χ2n) is 14.3. The minimum atomic E-state index is -0.466. The summed E-state index contributed by atoms with van der Waals surface area (Å²) < 4.78 is 25.4. The van der Waals surface area contributed by atoms with E-state index in [0.29, 0.717) is 41.4 Å². The molecule has 6 rings (SSSR count). The van der Waals surface area contributed by atoms with Gasteiger partial charge in [0.1, 0.15) is 12.2 Å². The van der Waals surface area contributed by atoms with Gasteiger partial charge in [-0.2, -0.15) is 0 Å². The smallest absolute Gasteiger partial charge is 0.302 e. The van der Waals surface area contributed by atoms with E-state index in [9.17, 15) is 9.59 Å². The molecule has 6 fully saturated rings. The van der Waals surface area contributed by atoms with E-state index in [1.54, 1.807) is 6.92 Å². The summed E-state index contributed by atoms with van der Waals surface area (Å²) in [7, 11) is 0. The molecule has 1 spiro atoms. The lowest BCUT2D eigenvalue weighted by Crippen LogP contribution is -2.60. The summed E-state index contributed by atoms with van der Waals surface area (Å²) in [5.74, 6) is 2.66. The lowest BCUT2D eigenvalue weighted by Gasteiger charge is -2.62. The fourth-order valence-corrected chi connectivity index (χ4v) is 10.9. The third-order valence-electron chi connectivity index (χ3n) is 12.6. The van der Waals surface area contributed by atoms with Crippen molar-refractivity contribution in [3.05, 3.63) is 0 Å². The predicted molar refractivity (Wildman–Crippen MR) is 138 cm³/mol. The SMILES string of the molecule is CC(=O)O[C@@H]1CC[C@@]2(C)[C@@H](CC[C@H]3[C@H]2C[C@H](OC(C)=O)[C@@]2(C)[C@H]4[C@H](C[C@H]32)O[C@]2(CC[C@H](C)CO2)[C@H]4C)C1. The van der Waals surface area contributed by atoms with Crippen molar-refractivity contribution in [3.63, 3.8) is 0 Å². The van der Waals surface area contributed by atoms with E-state index in [1.165, 1.54) is 19.8 Å². The summed E-state index contributed by atoms with van der Waals surface area (Å²) in [6.45, 7) is 13.4. The molecular formula is C31H48O6. The second kappa shape index (κ2) is 8.94. The first-order chi connectivity index (χ1) is 17.5. The molecular weight excluding hydrogens is 468 g/mol. The van der Waals surface area contributed by atoms with Crippen LogP contribution in [0.1, 0.15) is 99.3 Å². The van der Waals surface area contributed by atoms with Gasteiger partial charge in [0.05, 0.1) is 12.7 Å². The average molecular weight is 517 g/mol. The maximum Gasteiger partial charge on any atom is 0.302 e. The Kier molecular flexibility index (Phi) is 6.31. The highest BCUT2D eigenvalue weighted by molar-refractivity contribution is 5.66. The Morgan fingerprint density at radius 3 is 2.30 bits per heavy atom. The monoisotopic (exact) mass is 516 g/mol. The van der Waals surface area contributed by atoms with Crippen molar-refractivity contribution in [2.45, 2.75) is 123 Å². The number of hydrogen-bond acceptors (Lipinski definition) is 6. The van der Waals surface area contributed by atoms with Crippen LogP contribution in [-0.2, 0) is 28.5 Å². The number of hydrogen-bond donors (Lipinski definition) is 0. The van der Waals surface area contributed by atoms with Crippen LogP contribution in [0.3, 0.4) is 0 Å². The van der Waals surface area contributed by atoms with E-state index in [0.717, 1.165) is 51.6 Å². The zero-order chi connectivity index (χ0) is 26.3. The van der Waals surface area contributed by atoms with Gasteiger partial charge in [-0.25, -0.2) is 0 Å². The Bertz CT molecular complexity index is 925. The van der Waals surface area contributed by atoms with Crippen LogP contribution in [0.25, 0.3) is 0 Å². The van der Waals surface area contributed by atoms with Gasteiger partial charge >= 0.3 is 11.9 Å². The lowest BCUT2D eigenvalue weighted by molar-refractivity contribution is -0.274. The first kappa shape index (κ1) is 26.1. The number of esters is 2. The molecule has 0 N–H and O–H groups in total. The maximum absolute atomic E-state index is 12.5. The number of fused-ring (bicyclic) bond motifs is 7. The summed E-state index contributed by atoms with van der Waals surface area (Å²) in [6, 6.07) is 0. The molecule has 0 aromatic rings. The molecule has 4 aliphatic carbocycles. The minimum absolute atomic E-state index is 0.0553. The molecule has 0 unspecified atom stereocenters. The zero-order valence-corrected chi connectivity index (χ0v) is 23.8. The molecule has 2 heterocycles. The van der Waals surface area contributed by atoms with E-state index in [4.69, 9.17) is 18.9 Å². The highest BCUT2D eigenvalue weighted by Crippen LogP contribution is 2.71. The van der Waals surface area contributed by atoms with Crippen molar-refractivity contribution in [1.29, 1.82) is 0 Å². The van der Waals surface area contributed by atoms with Gasteiger partial charge in [-0.05, 0) is 86.4 Å². The first-order valence-corrected chi connectivity index (χ1v) is 15.1. The molecule has 2 aliphatic heterocycles. The van der Waals surface area contributed by atoms with E-state index < -0.39 is 5.79 Å². The van der Waals surface area contributed by atoms with Crippen molar-refractivity contribution in [2.75, 3.05) is 6.61 Å². The van der Waals surface area contributed by atoms with Gasteiger partial charge in [-0.3, -0.25) is 9.59 Å². The van der Waals surface area contributed by atoms with Gasteiger partial charge in [0.25, 0.3) is 0 Å². The molecule has 6 aliphatic rings. The van der Waals surface area contributed by atoms with Crippen LogP contribution in [-0.4, -0.2) is 42.6 Å². The fourth-order valence-electron chi connectivity index (χ4n) is 10.9. The molecule has 208 valence electrons. The molecule has 0 radical (unpaired) electrons. The standard InChI is InChI=1S/C31H48O6/c1-17-9-12-31(34-16-17)18(2)28-26(37-31)14-25-23-8-7-21-13-22(35-19(3)32)10-11-29(21,5)24(23)15-27(30(25,28)6)36-20(4)33/h17-18,21-28H,7-16H2,1-6H3/t17-,18-,21-,22+,23-,24+,25+,26-,27-,28+,29-,30-,31+/m0/s1. The number of rotatable bonds is 2. The van der Waals surface area contributed by atoms with Crippen LogP contribution in [0, 0.1) is 52.3 Å². The Morgan fingerprint density at radius 2 is 1.62 bits per heavy atom. The van der Waals surface area contributed by atoms with Gasteiger partial charge in [-0.1, -0.05) is 27.7 Å².